The Morgan fingerprint density at radius 2 is 1.90 bits per heavy atom. The maximum atomic E-state index is 11.8. The molecule has 0 aliphatic rings. The molecule has 1 heterocycles. The van der Waals surface area contributed by atoms with E-state index < -0.39 is 0 Å². The SMILES string of the molecule is O=C(CCn1ccccc1=O)Nc1ccc(CCO)cc1. The average Bonchev–Trinajstić information content (AvgIpc) is 2.49. The Morgan fingerprint density at radius 1 is 1.14 bits per heavy atom. The molecule has 1 amide bonds. The molecular formula is C16H18N2O3. The highest BCUT2D eigenvalue weighted by atomic mass is 16.3. The molecule has 0 aliphatic heterocycles. The van der Waals surface area contributed by atoms with E-state index in [1.165, 1.54) is 10.6 Å². The summed E-state index contributed by atoms with van der Waals surface area (Å²) in [7, 11) is 0. The molecule has 0 bridgehead atoms. The zero-order chi connectivity index (χ0) is 15.1. The molecule has 0 aliphatic carbocycles. The number of anilines is 1. The number of carbonyl (C=O) groups excluding carboxylic acids is 1. The molecule has 0 unspecified atom stereocenters. The lowest BCUT2D eigenvalue weighted by atomic mass is 10.1. The highest BCUT2D eigenvalue weighted by Crippen LogP contribution is 2.10. The van der Waals surface area contributed by atoms with Crippen LogP contribution in [0, 0.1) is 0 Å². The van der Waals surface area contributed by atoms with Crippen molar-refractivity contribution in [3.63, 3.8) is 0 Å². The monoisotopic (exact) mass is 286 g/mol. The summed E-state index contributed by atoms with van der Waals surface area (Å²) in [6.45, 7) is 0.464. The summed E-state index contributed by atoms with van der Waals surface area (Å²) in [4.78, 5) is 23.3. The normalized spacial score (nSPS) is 10.3. The second-order valence-electron chi connectivity index (χ2n) is 4.70. The molecule has 5 heteroatoms. The zero-order valence-corrected chi connectivity index (χ0v) is 11.7. The number of carbonyl (C=O) groups is 1. The van der Waals surface area contributed by atoms with Crippen molar-refractivity contribution in [3.05, 3.63) is 64.6 Å². The van der Waals surface area contributed by atoms with Crippen molar-refractivity contribution in [2.24, 2.45) is 0 Å². The van der Waals surface area contributed by atoms with E-state index in [1.807, 2.05) is 12.1 Å². The van der Waals surface area contributed by atoms with Crippen molar-refractivity contribution in [3.8, 4) is 0 Å². The lowest BCUT2D eigenvalue weighted by Crippen LogP contribution is -2.21. The number of aromatic nitrogens is 1. The van der Waals surface area contributed by atoms with E-state index in [2.05, 4.69) is 5.32 Å². The molecule has 0 saturated carbocycles. The molecule has 21 heavy (non-hydrogen) atoms. The summed E-state index contributed by atoms with van der Waals surface area (Å²) in [6.07, 6.45) is 2.51. The Bertz CT molecular complexity index is 647. The van der Waals surface area contributed by atoms with Gasteiger partial charge in [0.15, 0.2) is 0 Å². The van der Waals surface area contributed by atoms with Gasteiger partial charge in [-0.1, -0.05) is 18.2 Å². The molecular weight excluding hydrogens is 268 g/mol. The van der Waals surface area contributed by atoms with E-state index in [0.29, 0.717) is 18.7 Å². The van der Waals surface area contributed by atoms with Gasteiger partial charge in [0.05, 0.1) is 0 Å². The van der Waals surface area contributed by atoms with Crippen molar-refractivity contribution in [1.82, 2.24) is 4.57 Å². The minimum Gasteiger partial charge on any atom is -0.396 e. The zero-order valence-electron chi connectivity index (χ0n) is 11.7. The van der Waals surface area contributed by atoms with Crippen LogP contribution in [0.15, 0.2) is 53.5 Å². The smallest absolute Gasteiger partial charge is 0.250 e. The van der Waals surface area contributed by atoms with Crippen molar-refractivity contribution < 1.29 is 9.90 Å². The highest BCUT2D eigenvalue weighted by molar-refractivity contribution is 5.90. The first-order valence-corrected chi connectivity index (χ1v) is 6.84. The van der Waals surface area contributed by atoms with Crippen LogP contribution < -0.4 is 10.9 Å². The van der Waals surface area contributed by atoms with E-state index in [1.54, 1.807) is 30.5 Å². The van der Waals surface area contributed by atoms with Crippen LogP contribution in [0.3, 0.4) is 0 Å². The Kier molecular flexibility index (Phi) is 5.29. The molecule has 1 aromatic carbocycles. The molecule has 0 fully saturated rings. The summed E-state index contributed by atoms with van der Waals surface area (Å²) >= 11 is 0. The van der Waals surface area contributed by atoms with Gasteiger partial charge in [0, 0.05) is 37.5 Å². The lowest BCUT2D eigenvalue weighted by Gasteiger charge is -2.07. The van der Waals surface area contributed by atoms with Crippen LogP contribution in [0.25, 0.3) is 0 Å². The third-order valence-corrected chi connectivity index (χ3v) is 3.12. The second-order valence-corrected chi connectivity index (χ2v) is 4.70. The summed E-state index contributed by atoms with van der Waals surface area (Å²) in [5, 5.41) is 11.6. The molecule has 0 atom stereocenters. The number of aryl methyl sites for hydroxylation is 1. The van der Waals surface area contributed by atoms with Gasteiger partial charge in [-0.25, -0.2) is 0 Å². The van der Waals surface area contributed by atoms with E-state index >= 15 is 0 Å². The van der Waals surface area contributed by atoms with Crippen molar-refractivity contribution in [2.45, 2.75) is 19.4 Å². The molecule has 0 spiro atoms. The summed E-state index contributed by atoms with van der Waals surface area (Å²) in [5.74, 6) is -0.138. The number of hydrogen-bond donors (Lipinski definition) is 2. The standard InChI is InChI=1S/C16H18N2O3/c19-12-9-13-4-6-14(7-5-13)17-15(20)8-11-18-10-2-1-3-16(18)21/h1-7,10,19H,8-9,11-12H2,(H,17,20). The molecule has 2 N–H and O–H groups in total. The Labute approximate surface area is 122 Å². The molecule has 2 aromatic rings. The number of aliphatic hydroxyl groups excluding tert-OH is 1. The number of pyridine rings is 1. The van der Waals surface area contributed by atoms with Gasteiger partial charge in [-0.05, 0) is 30.2 Å². The minimum atomic E-state index is -0.138. The van der Waals surface area contributed by atoms with Crippen LogP contribution >= 0.6 is 0 Å². The number of nitrogens with one attached hydrogen (secondary N) is 1. The van der Waals surface area contributed by atoms with Crippen LogP contribution in [0.1, 0.15) is 12.0 Å². The number of nitrogens with zero attached hydrogens (tertiary/aromatic N) is 1. The lowest BCUT2D eigenvalue weighted by molar-refractivity contribution is -0.116. The number of hydrogen-bond acceptors (Lipinski definition) is 3. The number of rotatable bonds is 6. The van der Waals surface area contributed by atoms with E-state index in [-0.39, 0.29) is 24.5 Å². The first-order chi connectivity index (χ1) is 10.2. The Balaban J connectivity index is 1.87. The first-order valence-electron chi connectivity index (χ1n) is 6.84. The molecule has 0 saturated heterocycles. The number of aliphatic hydroxyl groups is 1. The fraction of sp³-hybridized carbons (Fsp3) is 0.250. The maximum Gasteiger partial charge on any atom is 0.250 e. The van der Waals surface area contributed by atoms with Crippen LogP contribution in [0.2, 0.25) is 0 Å². The maximum absolute atomic E-state index is 11.8. The van der Waals surface area contributed by atoms with Gasteiger partial charge >= 0.3 is 0 Å². The van der Waals surface area contributed by atoms with Gasteiger partial charge in [0.25, 0.3) is 5.56 Å². The quantitative estimate of drug-likeness (QED) is 0.843. The van der Waals surface area contributed by atoms with Gasteiger partial charge < -0.3 is 15.0 Å². The topological polar surface area (TPSA) is 71.3 Å². The summed E-state index contributed by atoms with van der Waals surface area (Å²) < 4.78 is 1.50. The highest BCUT2D eigenvalue weighted by Gasteiger charge is 2.03. The Hall–Kier alpha value is -2.40. The van der Waals surface area contributed by atoms with Crippen LogP contribution in [0.4, 0.5) is 5.69 Å². The van der Waals surface area contributed by atoms with Gasteiger partial charge in [0.1, 0.15) is 0 Å². The van der Waals surface area contributed by atoms with Gasteiger partial charge in [-0.15, -0.1) is 0 Å². The van der Waals surface area contributed by atoms with E-state index in [9.17, 15) is 9.59 Å². The third kappa shape index (κ3) is 4.57. The fourth-order valence-corrected chi connectivity index (χ4v) is 1.97. The van der Waals surface area contributed by atoms with Crippen molar-refractivity contribution in [1.29, 1.82) is 0 Å². The Morgan fingerprint density at radius 3 is 2.57 bits per heavy atom. The van der Waals surface area contributed by atoms with Gasteiger partial charge in [-0.2, -0.15) is 0 Å². The molecule has 5 nitrogen and oxygen atoms in total. The molecule has 1 aromatic heterocycles. The number of benzene rings is 1. The number of amides is 1. The van der Waals surface area contributed by atoms with E-state index in [0.717, 1.165) is 5.56 Å². The minimum absolute atomic E-state index is 0.109. The van der Waals surface area contributed by atoms with Crippen molar-refractivity contribution in [2.75, 3.05) is 11.9 Å². The fourth-order valence-electron chi connectivity index (χ4n) is 1.97. The van der Waals surface area contributed by atoms with Gasteiger partial charge in [-0.3, -0.25) is 9.59 Å². The average molecular weight is 286 g/mol. The van der Waals surface area contributed by atoms with Crippen LogP contribution in [-0.4, -0.2) is 22.2 Å². The molecule has 0 radical (unpaired) electrons. The predicted molar refractivity (Wildman–Crippen MR) is 81.2 cm³/mol. The van der Waals surface area contributed by atoms with Crippen LogP contribution in [0.5, 0.6) is 0 Å². The summed E-state index contributed by atoms with van der Waals surface area (Å²) in [5.41, 5.74) is 1.62. The van der Waals surface area contributed by atoms with Crippen LogP contribution in [-0.2, 0) is 17.8 Å². The largest absolute Gasteiger partial charge is 0.396 e. The first kappa shape index (κ1) is 15.0. The van der Waals surface area contributed by atoms with E-state index in [4.69, 9.17) is 5.11 Å². The van der Waals surface area contributed by atoms with Gasteiger partial charge in [0.2, 0.25) is 5.91 Å². The molecule has 2 rings (SSSR count). The molecule has 110 valence electrons. The predicted octanol–water partition coefficient (Wildman–Crippen LogP) is 1.41. The van der Waals surface area contributed by atoms with Crippen molar-refractivity contribution >= 4 is 11.6 Å². The second kappa shape index (κ2) is 7.40. The third-order valence-electron chi connectivity index (χ3n) is 3.12. The summed E-state index contributed by atoms with van der Waals surface area (Å²) in [6, 6.07) is 12.3.